The van der Waals surface area contributed by atoms with E-state index < -0.39 is 0 Å². The Morgan fingerprint density at radius 3 is 2.38 bits per heavy atom. The Morgan fingerprint density at radius 1 is 1.12 bits per heavy atom. The van der Waals surface area contributed by atoms with Gasteiger partial charge in [-0.25, -0.2) is 0 Å². The average Bonchev–Trinajstić information content (AvgIpc) is 2.91. The lowest BCUT2D eigenvalue weighted by Gasteiger charge is -2.30. The minimum absolute atomic E-state index is 0.0479. The summed E-state index contributed by atoms with van der Waals surface area (Å²) in [6.07, 6.45) is 7.12. The first-order valence-electron chi connectivity index (χ1n) is 9.34. The molecular weight excluding hydrogens is 332 g/mol. The van der Waals surface area contributed by atoms with Crippen LogP contribution < -0.4 is 14.8 Å². The van der Waals surface area contributed by atoms with Crippen molar-refractivity contribution in [3.63, 3.8) is 0 Å². The smallest absolute Gasteiger partial charge is 0.226 e. The second-order valence-corrected chi connectivity index (χ2v) is 6.72. The van der Waals surface area contributed by atoms with E-state index >= 15 is 0 Å². The highest BCUT2D eigenvalue weighted by atomic mass is 16.5. The minimum Gasteiger partial charge on any atom is -0.497 e. The Balaban J connectivity index is 1.94. The van der Waals surface area contributed by atoms with E-state index in [0.29, 0.717) is 23.7 Å². The molecule has 2 rings (SSSR count). The summed E-state index contributed by atoms with van der Waals surface area (Å²) in [6.45, 7) is 2.04. The van der Waals surface area contributed by atoms with Gasteiger partial charge in [-0.05, 0) is 25.0 Å². The summed E-state index contributed by atoms with van der Waals surface area (Å²) in [5, 5.41) is 2.86. The van der Waals surface area contributed by atoms with Crippen molar-refractivity contribution in [1.82, 2.24) is 4.90 Å². The first-order valence-corrected chi connectivity index (χ1v) is 9.34. The quantitative estimate of drug-likeness (QED) is 0.753. The summed E-state index contributed by atoms with van der Waals surface area (Å²) in [5.41, 5.74) is 0.599. The molecule has 6 heteroatoms. The number of ether oxygens (including phenoxy) is 2. The number of carbonyl (C=O) groups excluding carboxylic acids is 2. The number of hydrogen-bond donors (Lipinski definition) is 1. The van der Waals surface area contributed by atoms with Crippen LogP contribution in [-0.4, -0.2) is 43.5 Å². The lowest BCUT2D eigenvalue weighted by Crippen LogP contribution is -2.40. The number of methoxy groups -OCH3 is 2. The predicted octanol–water partition coefficient (Wildman–Crippen LogP) is 3.60. The third kappa shape index (κ3) is 5.64. The molecule has 0 aliphatic heterocycles. The summed E-state index contributed by atoms with van der Waals surface area (Å²) < 4.78 is 10.5. The summed E-state index contributed by atoms with van der Waals surface area (Å²) in [5.74, 6) is 1.13. The Hall–Kier alpha value is -2.24. The van der Waals surface area contributed by atoms with Crippen LogP contribution in [0.15, 0.2) is 18.2 Å². The average molecular weight is 362 g/mol. The van der Waals surface area contributed by atoms with Gasteiger partial charge in [0, 0.05) is 32.0 Å². The summed E-state index contributed by atoms with van der Waals surface area (Å²) in [4.78, 5) is 26.3. The van der Waals surface area contributed by atoms with Crippen LogP contribution in [0.2, 0.25) is 0 Å². The molecule has 6 nitrogen and oxygen atoms in total. The van der Waals surface area contributed by atoms with Crippen LogP contribution in [0.5, 0.6) is 11.5 Å². The van der Waals surface area contributed by atoms with Crippen molar-refractivity contribution in [3.8, 4) is 11.5 Å². The maximum absolute atomic E-state index is 12.4. The van der Waals surface area contributed by atoms with Crippen molar-refractivity contribution in [2.45, 2.75) is 57.9 Å². The van der Waals surface area contributed by atoms with E-state index in [1.54, 1.807) is 39.3 Å². The molecule has 0 unspecified atom stereocenters. The molecule has 1 aromatic rings. The number of amides is 2. The lowest BCUT2D eigenvalue weighted by atomic mass is 10.1. The Kier molecular flexibility index (Phi) is 7.75. The maximum atomic E-state index is 12.4. The van der Waals surface area contributed by atoms with Crippen molar-refractivity contribution < 1.29 is 19.1 Å². The first kappa shape index (κ1) is 20.1. The van der Waals surface area contributed by atoms with Gasteiger partial charge < -0.3 is 19.7 Å². The van der Waals surface area contributed by atoms with Gasteiger partial charge in [0.1, 0.15) is 11.5 Å². The molecule has 0 aromatic heterocycles. The molecule has 1 aliphatic carbocycles. The molecule has 2 amide bonds. The lowest BCUT2D eigenvalue weighted by molar-refractivity contribution is -0.131. The molecule has 144 valence electrons. The zero-order valence-corrected chi connectivity index (χ0v) is 16.0. The SMILES string of the molecule is COc1ccc(NC(=O)CCN(C(C)=O)C2CCCCCC2)c(OC)c1. The van der Waals surface area contributed by atoms with Crippen molar-refractivity contribution >= 4 is 17.5 Å². The number of anilines is 1. The molecule has 1 aliphatic rings. The van der Waals surface area contributed by atoms with Gasteiger partial charge in [0.25, 0.3) is 0 Å². The number of hydrogen-bond acceptors (Lipinski definition) is 4. The molecular formula is C20H30N2O4. The van der Waals surface area contributed by atoms with E-state index in [0.717, 1.165) is 25.7 Å². The first-order chi connectivity index (χ1) is 12.5. The molecule has 1 fully saturated rings. The van der Waals surface area contributed by atoms with Crippen LogP contribution >= 0.6 is 0 Å². The highest BCUT2D eigenvalue weighted by Gasteiger charge is 2.23. The molecule has 0 spiro atoms. The van der Waals surface area contributed by atoms with Crippen molar-refractivity contribution in [1.29, 1.82) is 0 Å². The van der Waals surface area contributed by atoms with Crippen LogP contribution in [0.25, 0.3) is 0 Å². The van der Waals surface area contributed by atoms with Gasteiger partial charge >= 0.3 is 0 Å². The molecule has 1 aromatic carbocycles. The number of rotatable bonds is 7. The highest BCUT2D eigenvalue weighted by Crippen LogP contribution is 2.29. The third-order valence-electron chi connectivity index (χ3n) is 4.93. The van der Waals surface area contributed by atoms with Crippen molar-refractivity contribution in [3.05, 3.63) is 18.2 Å². The van der Waals surface area contributed by atoms with Crippen molar-refractivity contribution in [2.24, 2.45) is 0 Å². The van der Waals surface area contributed by atoms with Gasteiger partial charge in [0.15, 0.2) is 0 Å². The zero-order valence-electron chi connectivity index (χ0n) is 16.0. The second-order valence-electron chi connectivity index (χ2n) is 6.72. The highest BCUT2D eigenvalue weighted by molar-refractivity contribution is 5.92. The van der Waals surface area contributed by atoms with Gasteiger partial charge in [-0.1, -0.05) is 25.7 Å². The Labute approximate surface area is 155 Å². The topological polar surface area (TPSA) is 67.9 Å². The number of nitrogens with zero attached hydrogens (tertiary/aromatic N) is 1. The Bertz CT molecular complexity index is 610. The molecule has 0 bridgehead atoms. The van der Waals surface area contributed by atoms with Crippen LogP contribution in [0.3, 0.4) is 0 Å². The Morgan fingerprint density at radius 2 is 1.81 bits per heavy atom. The standard InChI is InChI=1S/C20H30N2O4/c1-15(23)22(16-8-6-4-5-7-9-16)13-12-20(24)21-18-11-10-17(25-2)14-19(18)26-3/h10-11,14,16H,4-9,12-13H2,1-3H3,(H,21,24). The second kappa shape index (κ2) is 10.0. The van der Waals surface area contributed by atoms with E-state index in [1.165, 1.54) is 12.8 Å². The van der Waals surface area contributed by atoms with Gasteiger partial charge in [0.2, 0.25) is 11.8 Å². The molecule has 0 atom stereocenters. The number of benzene rings is 1. The van der Waals surface area contributed by atoms with Gasteiger partial charge in [-0.15, -0.1) is 0 Å². The van der Waals surface area contributed by atoms with Gasteiger partial charge in [0.05, 0.1) is 19.9 Å². The fraction of sp³-hybridized carbons (Fsp3) is 0.600. The fourth-order valence-corrected chi connectivity index (χ4v) is 3.50. The third-order valence-corrected chi connectivity index (χ3v) is 4.93. The number of nitrogens with one attached hydrogen (secondary N) is 1. The van der Waals surface area contributed by atoms with Crippen LogP contribution in [0, 0.1) is 0 Å². The van der Waals surface area contributed by atoms with Crippen LogP contribution in [0.4, 0.5) is 5.69 Å². The maximum Gasteiger partial charge on any atom is 0.226 e. The van der Waals surface area contributed by atoms with E-state index in [1.807, 2.05) is 4.90 Å². The molecule has 0 saturated heterocycles. The monoisotopic (exact) mass is 362 g/mol. The molecule has 0 heterocycles. The zero-order chi connectivity index (χ0) is 18.9. The van der Waals surface area contributed by atoms with Gasteiger partial charge in [-0.3, -0.25) is 9.59 Å². The van der Waals surface area contributed by atoms with Crippen LogP contribution in [0.1, 0.15) is 51.9 Å². The molecule has 1 saturated carbocycles. The van der Waals surface area contributed by atoms with E-state index in [-0.39, 0.29) is 24.3 Å². The van der Waals surface area contributed by atoms with E-state index in [4.69, 9.17) is 9.47 Å². The van der Waals surface area contributed by atoms with E-state index in [9.17, 15) is 9.59 Å². The van der Waals surface area contributed by atoms with E-state index in [2.05, 4.69) is 5.32 Å². The molecule has 26 heavy (non-hydrogen) atoms. The normalized spacial score (nSPS) is 15.0. The summed E-state index contributed by atoms with van der Waals surface area (Å²) in [6, 6.07) is 5.51. The minimum atomic E-state index is -0.131. The van der Waals surface area contributed by atoms with Gasteiger partial charge in [-0.2, -0.15) is 0 Å². The fourth-order valence-electron chi connectivity index (χ4n) is 3.50. The van der Waals surface area contributed by atoms with Crippen molar-refractivity contribution in [2.75, 3.05) is 26.1 Å². The predicted molar refractivity (Wildman–Crippen MR) is 102 cm³/mol. The number of carbonyl (C=O) groups is 2. The van der Waals surface area contributed by atoms with Crippen LogP contribution in [-0.2, 0) is 9.59 Å². The molecule has 1 N–H and O–H groups in total. The summed E-state index contributed by atoms with van der Waals surface area (Å²) in [7, 11) is 3.13. The molecule has 0 radical (unpaired) electrons. The largest absolute Gasteiger partial charge is 0.497 e. The summed E-state index contributed by atoms with van der Waals surface area (Å²) >= 11 is 0.